The van der Waals surface area contributed by atoms with Gasteiger partial charge in [-0.15, -0.1) is 5.10 Å². The van der Waals surface area contributed by atoms with Crippen molar-refractivity contribution in [2.24, 2.45) is 0 Å². The number of allylic oxidation sites excluding steroid dienone is 2. The highest BCUT2D eigenvalue weighted by Crippen LogP contribution is 2.27. The van der Waals surface area contributed by atoms with E-state index in [9.17, 15) is 0 Å². The van der Waals surface area contributed by atoms with E-state index in [1.165, 1.54) is 24.8 Å². The van der Waals surface area contributed by atoms with Crippen molar-refractivity contribution in [2.45, 2.75) is 32.1 Å². The number of rotatable bonds is 6. The molecule has 1 aliphatic carbocycles. The standard InChI is InChI=1S/C19H27N5O/c1-2-5-16(6-3-1)17-15-21-19-8-7-18(22-24(17)19)20-9-4-10-23-11-13-25-14-12-23/h5,7-8,15H,1-4,6,9-14H2,(H,20,22). The zero-order chi connectivity index (χ0) is 16.9. The Hall–Kier alpha value is -1.92. The summed E-state index contributed by atoms with van der Waals surface area (Å²) >= 11 is 0. The van der Waals surface area contributed by atoms with Gasteiger partial charge in [-0.3, -0.25) is 4.90 Å². The van der Waals surface area contributed by atoms with E-state index < -0.39 is 0 Å². The van der Waals surface area contributed by atoms with Crippen molar-refractivity contribution in [2.75, 3.05) is 44.7 Å². The van der Waals surface area contributed by atoms with E-state index in [1.54, 1.807) is 0 Å². The molecule has 0 radical (unpaired) electrons. The van der Waals surface area contributed by atoms with E-state index in [0.717, 1.165) is 69.4 Å². The Balaban J connectivity index is 1.37. The van der Waals surface area contributed by atoms with Gasteiger partial charge in [0.1, 0.15) is 5.82 Å². The minimum Gasteiger partial charge on any atom is -0.379 e. The SMILES string of the molecule is C1=C(c2cnc3ccc(NCCCN4CCOCC4)nn23)CCCC1. The first-order valence-corrected chi connectivity index (χ1v) is 9.48. The van der Waals surface area contributed by atoms with Gasteiger partial charge in [0.2, 0.25) is 0 Å². The van der Waals surface area contributed by atoms with Crippen molar-refractivity contribution < 1.29 is 4.74 Å². The van der Waals surface area contributed by atoms with Gasteiger partial charge in [0.05, 0.1) is 25.1 Å². The van der Waals surface area contributed by atoms with Crippen LogP contribution in [-0.2, 0) is 4.74 Å². The van der Waals surface area contributed by atoms with Crippen molar-refractivity contribution in [3.8, 4) is 0 Å². The highest BCUT2D eigenvalue weighted by atomic mass is 16.5. The van der Waals surface area contributed by atoms with Gasteiger partial charge in [-0.05, 0) is 56.4 Å². The van der Waals surface area contributed by atoms with Crippen molar-refractivity contribution in [3.63, 3.8) is 0 Å². The number of nitrogens with zero attached hydrogens (tertiary/aromatic N) is 4. The number of fused-ring (bicyclic) bond motifs is 1. The van der Waals surface area contributed by atoms with Gasteiger partial charge in [0, 0.05) is 19.6 Å². The van der Waals surface area contributed by atoms with E-state index >= 15 is 0 Å². The van der Waals surface area contributed by atoms with Crippen LogP contribution in [0.1, 0.15) is 37.8 Å². The molecule has 0 saturated carbocycles. The van der Waals surface area contributed by atoms with Crippen LogP contribution in [0.25, 0.3) is 11.2 Å². The molecule has 1 N–H and O–H groups in total. The molecule has 0 bridgehead atoms. The maximum Gasteiger partial charge on any atom is 0.154 e. The Morgan fingerprint density at radius 1 is 1.16 bits per heavy atom. The predicted octanol–water partition coefficient (Wildman–Crippen LogP) is 2.82. The quantitative estimate of drug-likeness (QED) is 0.819. The first-order valence-electron chi connectivity index (χ1n) is 9.48. The number of hydrogen-bond donors (Lipinski definition) is 1. The van der Waals surface area contributed by atoms with Crippen LogP contribution < -0.4 is 5.32 Å². The van der Waals surface area contributed by atoms with Gasteiger partial charge in [-0.2, -0.15) is 0 Å². The Bertz CT molecular complexity index is 732. The Morgan fingerprint density at radius 3 is 2.92 bits per heavy atom. The van der Waals surface area contributed by atoms with Crippen LogP contribution in [0, 0.1) is 0 Å². The lowest BCUT2D eigenvalue weighted by atomic mass is 9.98. The second-order valence-corrected chi connectivity index (χ2v) is 6.84. The third-order valence-corrected chi connectivity index (χ3v) is 5.04. The van der Waals surface area contributed by atoms with E-state index in [4.69, 9.17) is 9.84 Å². The molecule has 0 atom stereocenters. The summed E-state index contributed by atoms with van der Waals surface area (Å²) in [6.07, 6.45) is 10.3. The highest BCUT2D eigenvalue weighted by Gasteiger charge is 2.13. The molecular weight excluding hydrogens is 314 g/mol. The summed E-state index contributed by atoms with van der Waals surface area (Å²) < 4.78 is 7.38. The van der Waals surface area contributed by atoms with Gasteiger partial charge >= 0.3 is 0 Å². The molecule has 0 spiro atoms. The van der Waals surface area contributed by atoms with Crippen LogP contribution >= 0.6 is 0 Å². The summed E-state index contributed by atoms with van der Waals surface area (Å²) in [5.74, 6) is 0.921. The minimum atomic E-state index is 0.866. The first-order chi connectivity index (χ1) is 12.4. The van der Waals surface area contributed by atoms with Crippen molar-refractivity contribution >= 4 is 17.0 Å². The van der Waals surface area contributed by atoms with Gasteiger partial charge in [-0.25, -0.2) is 9.50 Å². The molecule has 4 rings (SSSR count). The lowest BCUT2D eigenvalue weighted by molar-refractivity contribution is 0.0378. The van der Waals surface area contributed by atoms with E-state index in [0.29, 0.717) is 0 Å². The number of aromatic nitrogens is 3. The van der Waals surface area contributed by atoms with Crippen LogP contribution in [0.15, 0.2) is 24.4 Å². The molecule has 6 heteroatoms. The van der Waals surface area contributed by atoms with Crippen LogP contribution in [0.5, 0.6) is 0 Å². The van der Waals surface area contributed by atoms with Gasteiger partial charge in [-0.1, -0.05) is 6.08 Å². The summed E-state index contributed by atoms with van der Waals surface area (Å²) in [4.78, 5) is 6.97. The molecule has 2 aliphatic rings. The number of hydrogen-bond acceptors (Lipinski definition) is 5. The monoisotopic (exact) mass is 341 g/mol. The number of anilines is 1. The van der Waals surface area contributed by atoms with Gasteiger partial charge < -0.3 is 10.1 Å². The third kappa shape index (κ3) is 4.02. The maximum atomic E-state index is 5.39. The molecule has 1 aliphatic heterocycles. The fraction of sp³-hybridized carbons (Fsp3) is 0.579. The first kappa shape index (κ1) is 16.5. The average molecular weight is 341 g/mol. The van der Waals surface area contributed by atoms with Crippen LogP contribution in [-0.4, -0.2) is 58.9 Å². The van der Waals surface area contributed by atoms with Crippen molar-refractivity contribution in [3.05, 3.63) is 30.1 Å². The summed E-state index contributed by atoms with van der Waals surface area (Å²) in [5.41, 5.74) is 3.45. The zero-order valence-corrected chi connectivity index (χ0v) is 14.8. The van der Waals surface area contributed by atoms with Crippen LogP contribution in [0.2, 0.25) is 0 Å². The normalized spacial score (nSPS) is 19.1. The number of ether oxygens (including phenoxy) is 1. The lowest BCUT2D eigenvalue weighted by Gasteiger charge is -2.26. The summed E-state index contributed by atoms with van der Waals surface area (Å²) in [6.45, 7) is 5.88. The van der Waals surface area contributed by atoms with Crippen molar-refractivity contribution in [1.29, 1.82) is 0 Å². The molecule has 2 aromatic rings. The topological polar surface area (TPSA) is 54.7 Å². The molecule has 25 heavy (non-hydrogen) atoms. The fourth-order valence-corrected chi connectivity index (χ4v) is 3.60. The van der Waals surface area contributed by atoms with Gasteiger partial charge in [0.25, 0.3) is 0 Å². The Labute approximate surface area is 148 Å². The van der Waals surface area contributed by atoms with E-state index in [1.807, 2.05) is 22.8 Å². The number of imidazole rings is 1. The number of morpholine rings is 1. The molecule has 3 heterocycles. The second-order valence-electron chi connectivity index (χ2n) is 6.84. The van der Waals surface area contributed by atoms with Gasteiger partial charge in [0.15, 0.2) is 5.65 Å². The molecule has 6 nitrogen and oxygen atoms in total. The molecule has 0 amide bonds. The highest BCUT2D eigenvalue weighted by molar-refractivity contribution is 5.66. The Kier molecular flexibility index (Phi) is 5.28. The maximum absolute atomic E-state index is 5.39. The smallest absolute Gasteiger partial charge is 0.154 e. The summed E-state index contributed by atoms with van der Waals surface area (Å²) in [5, 5.41) is 8.22. The fourth-order valence-electron chi connectivity index (χ4n) is 3.60. The molecule has 134 valence electrons. The van der Waals surface area contributed by atoms with E-state index in [2.05, 4.69) is 21.3 Å². The Morgan fingerprint density at radius 2 is 2.08 bits per heavy atom. The summed E-state index contributed by atoms with van der Waals surface area (Å²) in [6, 6.07) is 4.07. The average Bonchev–Trinajstić information content (AvgIpc) is 3.10. The molecule has 2 aromatic heterocycles. The number of nitrogens with one attached hydrogen (secondary N) is 1. The molecule has 0 aromatic carbocycles. The zero-order valence-electron chi connectivity index (χ0n) is 14.8. The van der Waals surface area contributed by atoms with Crippen LogP contribution in [0.3, 0.4) is 0 Å². The summed E-state index contributed by atoms with van der Waals surface area (Å²) in [7, 11) is 0. The molecule has 1 fully saturated rings. The molecule has 1 saturated heterocycles. The molecular formula is C19H27N5O. The largest absolute Gasteiger partial charge is 0.379 e. The van der Waals surface area contributed by atoms with Crippen LogP contribution in [0.4, 0.5) is 5.82 Å². The van der Waals surface area contributed by atoms with Crippen molar-refractivity contribution in [1.82, 2.24) is 19.5 Å². The van der Waals surface area contributed by atoms with E-state index in [-0.39, 0.29) is 0 Å². The minimum absolute atomic E-state index is 0.866. The predicted molar refractivity (Wildman–Crippen MR) is 99.8 cm³/mol. The lowest BCUT2D eigenvalue weighted by Crippen LogP contribution is -2.37. The second kappa shape index (κ2) is 7.97. The third-order valence-electron chi connectivity index (χ3n) is 5.04. The molecule has 0 unspecified atom stereocenters.